The molecule has 1 saturated heterocycles. The molecule has 1 aliphatic rings. The molecule has 1 atom stereocenters. The van der Waals surface area contributed by atoms with Crippen molar-refractivity contribution in [3.8, 4) is 0 Å². The highest BCUT2D eigenvalue weighted by Crippen LogP contribution is 2.20. The molecule has 0 radical (unpaired) electrons. The van der Waals surface area contributed by atoms with Gasteiger partial charge in [0.1, 0.15) is 5.84 Å². The average molecular weight is 227 g/mol. The van der Waals surface area contributed by atoms with Gasteiger partial charge in [0.25, 0.3) is 0 Å². The van der Waals surface area contributed by atoms with Crippen molar-refractivity contribution < 1.29 is 10.0 Å². The summed E-state index contributed by atoms with van der Waals surface area (Å²) in [5, 5.41) is 11.2. The summed E-state index contributed by atoms with van der Waals surface area (Å²) in [6.45, 7) is 3.79. The normalized spacial score (nSPS) is 22.9. The van der Waals surface area contributed by atoms with E-state index in [9.17, 15) is 4.79 Å². The van der Waals surface area contributed by atoms with E-state index in [1.54, 1.807) is 0 Å². The van der Waals surface area contributed by atoms with Crippen molar-refractivity contribution in [1.82, 2.24) is 4.90 Å². The van der Waals surface area contributed by atoms with Gasteiger partial charge in [-0.25, -0.2) is 0 Å². The predicted molar refractivity (Wildman–Crippen MR) is 62.2 cm³/mol. The van der Waals surface area contributed by atoms with E-state index in [-0.39, 0.29) is 18.2 Å². The van der Waals surface area contributed by atoms with Crippen molar-refractivity contribution in [2.75, 3.05) is 13.1 Å². The third-order valence-electron chi connectivity index (χ3n) is 3.24. The van der Waals surface area contributed by atoms with Gasteiger partial charge >= 0.3 is 0 Å². The first-order chi connectivity index (χ1) is 7.67. The molecule has 1 unspecified atom stereocenters. The topological polar surface area (TPSA) is 78.9 Å². The fourth-order valence-electron chi connectivity index (χ4n) is 2.13. The molecule has 0 spiro atoms. The molecule has 16 heavy (non-hydrogen) atoms. The fraction of sp³-hybridized carbons (Fsp3) is 0.818. The number of carbonyl (C=O) groups is 1. The van der Waals surface area contributed by atoms with E-state index in [0.717, 1.165) is 31.8 Å². The molecule has 5 nitrogen and oxygen atoms in total. The molecule has 0 aromatic carbocycles. The van der Waals surface area contributed by atoms with Gasteiger partial charge < -0.3 is 15.8 Å². The number of hydrogen-bond acceptors (Lipinski definition) is 3. The van der Waals surface area contributed by atoms with Crippen LogP contribution in [0.5, 0.6) is 0 Å². The summed E-state index contributed by atoms with van der Waals surface area (Å²) in [5.41, 5.74) is 5.33. The monoisotopic (exact) mass is 227 g/mol. The highest BCUT2D eigenvalue weighted by molar-refractivity contribution is 5.98. The maximum Gasteiger partial charge on any atom is 0.230 e. The van der Waals surface area contributed by atoms with Gasteiger partial charge in [0.2, 0.25) is 5.91 Å². The first-order valence-electron chi connectivity index (χ1n) is 5.91. The molecule has 0 saturated carbocycles. The van der Waals surface area contributed by atoms with E-state index in [1.165, 1.54) is 12.8 Å². The predicted octanol–water partition coefficient (Wildman–Crippen LogP) is 1.16. The van der Waals surface area contributed by atoms with Crippen LogP contribution in [0.1, 0.15) is 39.0 Å². The van der Waals surface area contributed by atoms with Gasteiger partial charge in [-0.1, -0.05) is 18.5 Å². The van der Waals surface area contributed by atoms with Crippen LogP contribution >= 0.6 is 0 Å². The number of likely N-dealkylation sites (tertiary alicyclic amines) is 1. The third kappa shape index (κ3) is 3.72. The van der Waals surface area contributed by atoms with Crippen molar-refractivity contribution >= 4 is 11.7 Å². The van der Waals surface area contributed by atoms with Gasteiger partial charge in [-0.15, -0.1) is 0 Å². The smallest absolute Gasteiger partial charge is 0.230 e. The molecule has 0 aromatic heterocycles. The van der Waals surface area contributed by atoms with Gasteiger partial charge in [-0.05, 0) is 25.2 Å². The molecule has 0 bridgehead atoms. The SMILES string of the molecule is CCC1CCCN(C(=O)CC(N)=NO)CC1. The molecular formula is C11H21N3O2. The van der Waals surface area contributed by atoms with Crippen LogP contribution in [0.2, 0.25) is 0 Å². The zero-order valence-corrected chi connectivity index (χ0v) is 9.85. The zero-order valence-electron chi connectivity index (χ0n) is 9.85. The average Bonchev–Trinajstić information content (AvgIpc) is 2.53. The minimum atomic E-state index is -0.0351. The van der Waals surface area contributed by atoms with Crippen molar-refractivity contribution in [1.29, 1.82) is 0 Å². The molecule has 1 rings (SSSR count). The summed E-state index contributed by atoms with van der Waals surface area (Å²) in [7, 11) is 0. The van der Waals surface area contributed by atoms with Crippen molar-refractivity contribution in [3.05, 3.63) is 0 Å². The molecule has 92 valence electrons. The Labute approximate surface area is 96.3 Å². The van der Waals surface area contributed by atoms with Crippen LogP contribution in [0.4, 0.5) is 0 Å². The number of nitrogens with zero attached hydrogens (tertiary/aromatic N) is 2. The first-order valence-corrected chi connectivity index (χ1v) is 5.91. The number of rotatable bonds is 3. The van der Waals surface area contributed by atoms with Crippen LogP contribution in [0.3, 0.4) is 0 Å². The Kier molecular flexibility index (Phi) is 5.08. The number of hydrogen-bond donors (Lipinski definition) is 2. The van der Waals surface area contributed by atoms with E-state index in [4.69, 9.17) is 10.9 Å². The Bertz CT molecular complexity index is 266. The second kappa shape index (κ2) is 6.35. The number of amides is 1. The second-order valence-corrected chi connectivity index (χ2v) is 4.35. The molecule has 0 aromatic rings. The quantitative estimate of drug-likeness (QED) is 0.329. The Morgan fingerprint density at radius 2 is 2.25 bits per heavy atom. The summed E-state index contributed by atoms with van der Waals surface area (Å²) in [6, 6.07) is 0. The first kappa shape index (κ1) is 12.8. The third-order valence-corrected chi connectivity index (χ3v) is 3.24. The Balaban J connectivity index is 2.45. The molecular weight excluding hydrogens is 206 g/mol. The van der Waals surface area contributed by atoms with E-state index in [0.29, 0.717) is 0 Å². The van der Waals surface area contributed by atoms with Crippen LogP contribution in [0, 0.1) is 5.92 Å². The summed E-state index contributed by atoms with van der Waals surface area (Å²) in [4.78, 5) is 13.6. The minimum Gasteiger partial charge on any atom is -0.409 e. The standard InChI is InChI=1S/C11H21N3O2/c1-2-9-4-3-6-14(7-5-9)11(15)8-10(12)13-16/h9,16H,2-8H2,1H3,(H2,12,13). The van der Waals surface area contributed by atoms with Gasteiger partial charge in [0.15, 0.2) is 0 Å². The molecule has 3 N–H and O–H groups in total. The largest absolute Gasteiger partial charge is 0.409 e. The molecule has 1 amide bonds. The van der Waals surface area contributed by atoms with Crippen LogP contribution in [-0.2, 0) is 4.79 Å². The van der Waals surface area contributed by atoms with Gasteiger partial charge in [0, 0.05) is 13.1 Å². The lowest BCUT2D eigenvalue weighted by atomic mass is 9.98. The van der Waals surface area contributed by atoms with E-state index in [1.807, 2.05) is 4.90 Å². The summed E-state index contributed by atoms with van der Waals surface area (Å²) >= 11 is 0. The van der Waals surface area contributed by atoms with Crippen LogP contribution in [-0.4, -0.2) is 34.9 Å². The number of amidine groups is 1. The van der Waals surface area contributed by atoms with Gasteiger partial charge in [-0.2, -0.15) is 0 Å². The van der Waals surface area contributed by atoms with E-state index < -0.39 is 0 Å². The van der Waals surface area contributed by atoms with Crippen LogP contribution in [0.25, 0.3) is 0 Å². The maximum absolute atomic E-state index is 11.8. The summed E-state index contributed by atoms with van der Waals surface area (Å²) < 4.78 is 0. The van der Waals surface area contributed by atoms with Gasteiger partial charge in [-0.3, -0.25) is 4.79 Å². The number of carbonyl (C=O) groups excluding carboxylic acids is 1. The van der Waals surface area contributed by atoms with Crippen molar-refractivity contribution in [2.45, 2.75) is 39.0 Å². The lowest BCUT2D eigenvalue weighted by Crippen LogP contribution is -2.34. The van der Waals surface area contributed by atoms with Crippen molar-refractivity contribution in [3.63, 3.8) is 0 Å². The lowest BCUT2D eigenvalue weighted by molar-refractivity contribution is -0.129. The lowest BCUT2D eigenvalue weighted by Gasteiger charge is -2.20. The van der Waals surface area contributed by atoms with Crippen LogP contribution < -0.4 is 5.73 Å². The fourth-order valence-corrected chi connectivity index (χ4v) is 2.13. The molecule has 1 heterocycles. The van der Waals surface area contributed by atoms with Crippen LogP contribution in [0.15, 0.2) is 5.16 Å². The summed E-state index contributed by atoms with van der Waals surface area (Å²) in [5.74, 6) is 0.690. The Morgan fingerprint density at radius 3 is 2.88 bits per heavy atom. The van der Waals surface area contributed by atoms with E-state index in [2.05, 4.69) is 12.1 Å². The van der Waals surface area contributed by atoms with Gasteiger partial charge in [0.05, 0.1) is 6.42 Å². The molecule has 5 heteroatoms. The maximum atomic E-state index is 11.8. The Hall–Kier alpha value is -1.26. The molecule has 1 aliphatic heterocycles. The zero-order chi connectivity index (χ0) is 12.0. The second-order valence-electron chi connectivity index (χ2n) is 4.35. The minimum absolute atomic E-state index is 0.0127. The highest BCUT2D eigenvalue weighted by atomic mass is 16.4. The van der Waals surface area contributed by atoms with Crippen molar-refractivity contribution in [2.24, 2.45) is 16.8 Å². The van der Waals surface area contributed by atoms with E-state index >= 15 is 0 Å². The molecule has 0 aliphatic carbocycles. The highest BCUT2D eigenvalue weighted by Gasteiger charge is 2.20. The summed E-state index contributed by atoms with van der Waals surface area (Å²) in [6.07, 6.45) is 4.53. The molecule has 1 fully saturated rings. The Morgan fingerprint density at radius 1 is 1.50 bits per heavy atom. The number of nitrogens with two attached hydrogens (primary N) is 1. The number of oxime groups is 1.